The van der Waals surface area contributed by atoms with Gasteiger partial charge in [0.2, 0.25) is 0 Å². The molecule has 0 spiro atoms. The molecule has 3 heterocycles. The van der Waals surface area contributed by atoms with Gasteiger partial charge in [-0.1, -0.05) is 170 Å². The normalized spacial score (nSPS) is 13.7. The molecule has 2 aliphatic heterocycles. The maximum absolute atomic E-state index is 4.50. The first-order chi connectivity index (χ1) is 30.7. The van der Waals surface area contributed by atoms with Crippen LogP contribution in [0.15, 0.2) is 237 Å². The second-order valence-electron chi connectivity index (χ2n) is 16.2. The van der Waals surface area contributed by atoms with E-state index in [4.69, 9.17) is 0 Å². The van der Waals surface area contributed by atoms with E-state index in [1.54, 1.807) is 0 Å². The van der Waals surface area contributed by atoms with Gasteiger partial charge in [-0.15, -0.1) is 0 Å². The van der Waals surface area contributed by atoms with Gasteiger partial charge in [0.1, 0.15) is 0 Å². The predicted molar refractivity (Wildman–Crippen MR) is 263 cm³/mol. The van der Waals surface area contributed by atoms with Crippen LogP contribution >= 0.6 is 0 Å². The van der Waals surface area contributed by atoms with E-state index in [1.807, 2.05) is 0 Å². The van der Waals surface area contributed by atoms with Crippen LogP contribution in [0.5, 0.6) is 0 Å². The Bertz CT molecular complexity index is 3440. The predicted octanol–water partition coefficient (Wildman–Crippen LogP) is 16.3. The summed E-state index contributed by atoms with van der Waals surface area (Å²) >= 11 is 0. The third-order valence-corrected chi connectivity index (χ3v) is 12.7. The number of rotatable bonds is 5. The van der Waals surface area contributed by atoms with Gasteiger partial charge in [0.05, 0.1) is 22.4 Å². The fourth-order valence-electron chi connectivity index (χ4n) is 9.62. The third kappa shape index (κ3) is 5.88. The van der Waals surface area contributed by atoms with Crippen molar-refractivity contribution in [1.82, 2.24) is 4.57 Å². The summed E-state index contributed by atoms with van der Waals surface area (Å²) in [7, 11) is 0. The highest BCUT2D eigenvalue weighted by Gasteiger charge is 2.26. The lowest BCUT2D eigenvalue weighted by atomic mass is 9.90. The van der Waals surface area contributed by atoms with Gasteiger partial charge in [-0.05, 0) is 122 Å². The molecular formula is C60H40N2. The number of anilines is 2. The van der Waals surface area contributed by atoms with Crippen molar-refractivity contribution < 1.29 is 0 Å². The fourth-order valence-corrected chi connectivity index (χ4v) is 9.62. The molecule has 0 radical (unpaired) electrons. The molecule has 0 saturated carbocycles. The summed E-state index contributed by atoms with van der Waals surface area (Å²) in [5, 5.41) is 2.51. The number of fused-ring (bicyclic) bond motifs is 9. The second-order valence-corrected chi connectivity index (χ2v) is 16.2. The van der Waals surface area contributed by atoms with Gasteiger partial charge >= 0.3 is 0 Å². The summed E-state index contributed by atoms with van der Waals surface area (Å²) in [5.41, 5.74) is 22.4. The lowest BCUT2D eigenvalue weighted by Crippen LogP contribution is -2.11. The molecule has 12 rings (SSSR count). The van der Waals surface area contributed by atoms with Gasteiger partial charge in [0.15, 0.2) is 0 Å². The summed E-state index contributed by atoms with van der Waals surface area (Å²) in [6.07, 6.45) is 8.38. The molecule has 0 amide bonds. The SMILES string of the molecule is C=C1/C=C\C=C/N(c2ccc(-c3ccccc3)cc2)c2ccc(-c3ccc(-c4cc5c6c(c4)c4ccccc4n6-c4ccc(-c6ccccc6)cc4-c4ccccc4-5)cc3)cc21. The van der Waals surface area contributed by atoms with Crippen LogP contribution in [0.4, 0.5) is 11.4 Å². The van der Waals surface area contributed by atoms with Crippen LogP contribution in [-0.2, 0) is 0 Å². The molecule has 0 atom stereocenters. The molecule has 0 N–H and O–H groups in total. The quantitative estimate of drug-likeness (QED) is 0.169. The molecule has 9 aromatic carbocycles. The Morgan fingerprint density at radius 2 is 0.855 bits per heavy atom. The van der Waals surface area contributed by atoms with Crippen molar-refractivity contribution in [1.29, 1.82) is 0 Å². The first-order valence-electron chi connectivity index (χ1n) is 21.3. The average Bonchev–Trinajstić information content (AvgIpc) is 3.61. The van der Waals surface area contributed by atoms with Crippen molar-refractivity contribution >= 4 is 38.8 Å². The molecule has 290 valence electrons. The van der Waals surface area contributed by atoms with E-state index in [0.717, 1.165) is 33.6 Å². The van der Waals surface area contributed by atoms with E-state index in [9.17, 15) is 0 Å². The fraction of sp³-hybridized carbons (Fsp3) is 0. The van der Waals surface area contributed by atoms with Crippen molar-refractivity contribution in [3.8, 4) is 72.4 Å². The number of benzene rings is 9. The largest absolute Gasteiger partial charge is 0.317 e. The molecule has 2 aliphatic rings. The molecule has 62 heavy (non-hydrogen) atoms. The van der Waals surface area contributed by atoms with Crippen LogP contribution in [0.3, 0.4) is 0 Å². The first-order valence-corrected chi connectivity index (χ1v) is 21.3. The molecule has 2 heteroatoms. The summed E-state index contributed by atoms with van der Waals surface area (Å²) in [5.74, 6) is 0. The minimum atomic E-state index is 0.977. The zero-order valence-electron chi connectivity index (χ0n) is 34.0. The Balaban J connectivity index is 0.942. The summed E-state index contributed by atoms with van der Waals surface area (Å²) in [6, 6.07) is 75.4. The zero-order chi connectivity index (χ0) is 41.1. The zero-order valence-corrected chi connectivity index (χ0v) is 34.0. The van der Waals surface area contributed by atoms with Crippen molar-refractivity contribution in [3.05, 3.63) is 243 Å². The van der Waals surface area contributed by atoms with Crippen LogP contribution in [0, 0.1) is 0 Å². The molecule has 0 saturated heterocycles. The van der Waals surface area contributed by atoms with Gasteiger partial charge in [-0.3, -0.25) is 0 Å². The number of nitrogens with zero attached hydrogens (tertiary/aromatic N) is 2. The molecule has 1 aromatic heterocycles. The lowest BCUT2D eigenvalue weighted by Gasteiger charge is -2.26. The Morgan fingerprint density at radius 1 is 0.339 bits per heavy atom. The lowest BCUT2D eigenvalue weighted by molar-refractivity contribution is 1.19. The molecule has 0 aliphatic carbocycles. The minimum Gasteiger partial charge on any atom is -0.317 e. The summed E-state index contributed by atoms with van der Waals surface area (Å²) in [4.78, 5) is 2.26. The second kappa shape index (κ2) is 14.5. The topological polar surface area (TPSA) is 8.17 Å². The van der Waals surface area contributed by atoms with Crippen LogP contribution in [0.25, 0.3) is 99.8 Å². The van der Waals surface area contributed by atoms with E-state index in [1.165, 1.54) is 83.1 Å². The highest BCUT2D eigenvalue weighted by atomic mass is 15.1. The van der Waals surface area contributed by atoms with E-state index in [0.29, 0.717) is 0 Å². The first kappa shape index (κ1) is 35.7. The Hall–Kier alpha value is -8.20. The van der Waals surface area contributed by atoms with Crippen LogP contribution in [-0.4, -0.2) is 4.57 Å². The Kier molecular flexibility index (Phi) is 8.36. The maximum Gasteiger partial charge on any atom is 0.0620 e. The standard InChI is InChI=1S/C60H40N2/c1-40-14-12-13-35-61(49-31-27-43(28-32-49)41-15-4-2-5-16-41)57-33-29-46(36-53(40)57)44-23-25-45(26-24-44)48-38-55-51-20-9-8-19-50(51)54-37-47(42-17-6-3-7-18-42)30-34-59(54)62-58-22-11-10-21-52(58)56(39-48)60(55)62/h2-39H,1H2/b14-12-,35-13-. The van der Waals surface area contributed by atoms with Crippen molar-refractivity contribution in [2.45, 2.75) is 0 Å². The molecule has 0 fully saturated rings. The monoisotopic (exact) mass is 788 g/mol. The van der Waals surface area contributed by atoms with Crippen molar-refractivity contribution in [2.24, 2.45) is 0 Å². The van der Waals surface area contributed by atoms with E-state index < -0.39 is 0 Å². The number of hydrogen-bond donors (Lipinski definition) is 0. The van der Waals surface area contributed by atoms with E-state index in [-0.39, 0.29) is 0 Å². The summed E-state index contributed by atoms with van der Waals surface area (Å²) in [6.45, 7) is 4.50. The van der Waals surface area contributed by atoms with E-state index >= 15 is 0 Å². The van der Waals surface area contributed by atoms with Crippen molar-refractivity contribution in [2.75, 3.05) is 4.90 Å². The Labute approximate surface area is 361 Å². The minimum absolute atomic E-state index is 0.977. The third-order valence-electron chi connectivity index (χ3n) is 12.7. The van der Waals surface area contributed by atoms with Crippen LogP contribution in [0.2, 0.25) is 0 Å². The number of aromatic nitrogens is 1. The number of allylic oxidation sites excluding steroid dienone is 4. The van der Waals surface area contributed by atoms with E-state index in [2.05, 4.69) is 247 Å². The average molecular weight is 789 g/mol. The molecule has 0 unspecified atom stereocenters. The highest BCUT2D eigenvalue weighted by Crippen LogP contribution is 2.49. The smallest absolute Gasteiger partial charge is 0.0620 e. The maximum atomic E-state index is 4.50. The molecule has 10 aromatic rings. The molecule has 2 nitrogen and oxygen atoms in total. The van der Waals surface area contributed by atoms with Gasteiger partial charge in [-0.2, -0.15) is 0 Å². The molecule has 0 bridgehead atoms. The highest BCUT2D eigenvalue weighted by molar-refractivity contribution is 6.18. The van der Waals surface area contributed by atoms with Gasteiger partial charge in [-0.25, -0.2) is 0 Å². The van der Waals surface area contributed by atoms with Crippen LogP contribution in [0.1, 0.15) is 5.56 Å². The number of para-hydroxylation sites is 1. The Morgan fingerprint density at radius 3 is 1.58 bits per heavy atom. The van der Waals surface area contributed by atoms with Gasteiger partial charge in [0.25, 0.3) is 0 Å². The molecular weight excluding hydrogens is 749 g/mol. The van der Waals surface area contributed by atoms with Gasteiger partial charge < -0.3 is 9.47 Å². The van der Waals surface area contributed by atoms with Crippen molar-refractivity contribution in [3.63, 3.8) is 0 Å². The number of hydrogen-bond acceptors (Lipinski definition) is 1. The van der Waals surface area contributed by atoms with Crippen LogP contribution < -0.4 is 4.90 Å². The summed E-state index contributed by atoms with van der Waals surface area (Å²) < 4.78 is 2.50. The van der Waals surface area contributed by atoms with Gasteiger partial charge in [0, 0.05) is 39.4 Å².